The van der Waals surface area contributed by atoms with Crippen LogP contribution in [0.4, 0.5) is 0 Å². The first-order valence-electron chi connectivity index (χ1n) is 6.30. The number of carboxylic acids is 1. The standard InChI is InChI=1S/C17H14O4/c1-21-17(20)14-8-6-13(7-9-14)15-4-2-3-12(11-15)5-10-16(18)19/h2-11H,1H3,(H,18,19)/b10-5+. The van der Waals surface area contributed by atoms with Crippen molar-refractivity contribution in [2.45, 2.75) is 0 Å². The summed E-state index contributed by atoms with van der Waals surface area (Å²) in [7, 11) is 1.34. The highest BCUT2D eigenvalue weighted by Gasteiger charge is 2.05. The normalized spacial score (nSPS) is 10.5. The first kappa shape index (κ1) is 14.5. The molecule has 0 bridgehead atoms. The maximum Gasteiger partial charge on any atom is 0.337 e. The summed E-state index contributed by atoms with van der Waals surface area (Å²) in [5, 5.41) is 8.64. The van der Waals surface area contributed by atoms with Crippen molar-refractivity contribution in [2.24, 2.45) is 0 Å². The fraction of sp³-hybridized carbons (Fsp3) is 0.0588. The van der Waals surface area contributed by atoms with Crippen LogP contribution in [0.2, 0.25) is 0 Å². The highest BCUT2D eigenvalue weighted by atomic mass is 16.5. The number of benzene rings is 2. The van der Waals surface area contributed by atoms with Crippen molar-refractivity contribution in [1.29, 1.82) is 0 Å². The molecule has 0 radical (unpaired) electrons. The SMILES string of the molecule is COC(=O)c1ccc(-c2cccc(/C=C/C(=O)O)c2)cc1. The molecule has 0 aromatic heterocycles. The second-order valence-corrected chi connectivity index (χ2v) is 4.37. The molecule has 0 unspecified atom stereocenters. The van der Waals surface area contributed by atoms with Crippen molar-refractivity contribution < 1.29 is 19.4 Å². The quantitative estimate of drug-likeness (QED) is 0.690. The van der Waals surface area contributed by atoms with Gasteiger partial charge in [0.1, 0.15) is 0 Å². The number of ether oxygens (including phenoxy) is 1. The average Bonchev–Trinajstić information content (AvgIpc) is 2.52. The van der Waals surface area contributed by atoms with E-state index in [2.05, 4.69) is 4.74 Å². The molecule has 21 heavy (non-hydrogen) atoms. The Morgan fingerprint density at radius 3 is 2.38 bits per heavy atom. The summed E-state index contributed by atoms with van der Waals surface area (Å²) in [4.78, 5) is 21.9. The predicted molar refractivity (Wildman–Crippen MR) is 79.9 cm³/mol. The molecule has 0 spiro atoms. The summed E-state index contributed by atoms with van der Waals surface area (Å²) in [6.45, 7) is 0. The van der Waals surface area contributed by atoms with Crippen LogP contribution in [0.5, 0.6) is 0 Å². The molecule has 0 aliphatic carbocycles. The number of methoxy groups -OCH3 is 1. The minimum absolute atomic E-state index is 0.375. The molecule has 0 atom stereocenters. The number of rotatable bonds is 4. The maximum absolute atomic E-state index is 11.4. The van der Waals surface area contributed by atoms with E-state index in [4.69, 9.17) is 5.11 Å². The lowest BCUT2D eigenvalue weighted by atomic mass is 10.0. The second kappa shape index (κ2) is 6.52. The van der Waals surface area contributed by atoms with Crippen molar-refractivity contribution in [3.8, 4) is 11.1 Å². The summed E-state index contributed by atoms with van der Waals surface area (Å²) in [5.41, 5.74) is 3.17. The van der Waals surface area contributed by atoms with Crippen LogP contribution in [0.1, 0.15) is 15.9 Å². The Morgan fingerprint density at radius 1 is 1.05 bits per heavy atom. The molecule has 0 heterocycles. The van der Waals surface area contributed by atoms with Crippen molar-refractivity contribution >= 4 is 18.0 Å². The van der Waals surface area contributed by atoms with Gasteiger partial charge >= 0.3 is 11.9 Å². The lowest BCUT2D eigenvalue weighted by Crippen LogP contribution is -2.00. The van der Waals surface area contributed by atoms with E-state index in [1.54, 1.807) is 12.1 Å². The minimum atomic E-state index is -0.983. The largest absolute Gasteiger partial charge is 0.478 e. The van der Waals surface area contributed by atoms with E-state index in [1.165, 1.54) is 13.2 Å². The Balaban J connectivity index is 2.27. The number of aliphatic carboxylic acids is 1. The van der Waals surface area contributed by atoms with E-state index in [0.29, 0.717) is 5.56 Å². The zero-order chi connectivity index (χ0) is 15.2. The summed E-state index contributed by atoms with van der Waals surface area (Å²) in [5.74, 6) is -1.36. The van der Waals surface area contributed by atoms with Crippen LogP contribution in [-0.4, -0.2) is 24.2 Å². The van der Waals surface area contributed by atoms with E-state index in [0.717, 1.165) is 22.8 Å². The Bertz CT molecular complexity index is 684. The monoisotopic (exact) mass is 282 g/mol. The van der Waals surface area contributed by atoms with Gasteiger partial charge in [-0.3, -0.25) is 0 Å². The molecular formula is C17H14O4. The second-order valence-electron chi connectivity index (χ2n) is 4.37. The predicted octanol–water partition coefficient (Wildman–Crippen LogP) is 3.24. The molecule has 0 aliphatic rings. The lowest BCUT2D eigenvalue weighted by molar-refractivity contribution is -0.131. The van der Waals surface area contributed by atoms with Crippen molar-refractivity contribution in [3.05, 3.63) is 65.7 Å². The van der Waals surface area contributed by atoms with Gasteiger partial charge in [-0.15, -0.1) is 0 Å². The zero-order valence-corrected chi connectivity index (χ0v) is 11.4. The molecule has 0 amide bonds. The van der Waals surface area contributed by atoms with Crippen LogP contribution in [0.3, 0.4) is 0 Å². The van der Waals surface area contributed by atoms with Gasteiger partial charge < -0.3 is 9.84 Å². The molecule has 0 aliphatic heterocycles. The molecule has 4 heteroatoms. The maximum atomic E-state index is 11.4. The third-order valence-corrected chi connectivity index (χ3v) is 2.94. The van der Waals surface area contributed by atoms with Gasteiger partial charge in [0.25, 0.3) is 0 Å². The number of carbonyl (C=O) groups is 2. The van der Waals surface area contributed by atoms with Gasteiger partial charge in [0.2, 0.25) is 0 Å². The summed E-state index contributed by atoms with van der Waals surface area (Å²) in [6, 6.07) is 14.5. The minimum Gasteiger partial charge on any atom is -0.478 e. The molecule has 106 valence electrons. The highest BCUT2D eigenvalue weighted by molar-refractivity contribution is 5.90. The number of hydrogen-bond donors (Lipinski definition) is 1. The van der Waals surface area contributed by atoms with Gasteiger partial charge in [-0.05, 0) is 41.0 Å². The van der Waals surface area contributed by atoms with Crippen molar-refractivity contribution in [2.75, 3.05) is 7.11 Å². The van der Waals surface area contributed by atoms with Crippen LogP contribution in [0, 0.1) is 0 Å². The molecule has 0 fully saturated rings. The zero-order valence-electron chi connectivity index (χ0n) is 11.4. The van der Waals surface area contributed by atoms with Crippen LogP contribution in [0.25, 0.3) is 17.2 Å². The summed E-state index contributed by atoms with van der Waals surface area (Å²) < 4.78 is 4.65. The van der Waals surface area contributed by atoms with Gasteiger partial charge in [0.05, 0.1) is 12.7 Å². The third kappa shape index (κ3) is 3.79. The van der Waals surface area contributed by atoms with Gasteiger partial charge in [-0.25, -0.2) is 9.59 Å². The van der Waals surface area contributed by atoms with E-state index < -0.39 is 5.97 Å². The molecule has 1 N–H and O–H groups in total. The fourth-order valence-corrected chi connectivity index (χ4v) is 1.91. The van der Waals surface area contributed by atoms with Crippen LogP contribution < -0.4 is 0 Å². The van der Waals surface area contributed by atoms with E-state index >= 15 is 0 Å². The van der Waals surface area contributed by atoms with Gasteiger partial charge in [-0.2, -0.15) is 0 Å². The average molecular weight is 282 g/mol. The Morgan fingerprint density at radius 2 is 1.76 bits per heavy atom. The van der Waals surface area contributed by atoms with E-state index in [1.807, 2.05) is 36.4 Å². The molecule has 0 saturated heterocycles. The summed E-state index contributed by atoms with van der Waals surface area (Å²) >= 11 is 0. The highest BCUT2D eigenvalue weighted by Crippen LogP contribution is 2.21. The fourth-order valence-electron chi connectivity index (χ4n) is 1.91. The molecule has 2 aromatic carbocycles. The Hall–Kier alpha value is -2.88. The molecule has 2 aromatic rings. The van der Waals surface area contributed by atoms with Crippen LogP contribution in [-0.2, 0) is 9.53 Å². The Labute approximate surface area is 122 Å². The third-order valence-electron chi connectivity index (χ3n) is 2.94. The number of carbonyl (C=O) groups excluding carboxylic acids is 1. The van der Waals surface area contributed by atoms with Gasteiger partial charge in [0.15, 0.2) is 0 Å². The summed E-state index contributed by atoms with van der Waals surface area (Å²) in [6.07, 6.45) is 2.63. The van der Waals surface area contributed by atoms with Gasteiger partial charge in [-0.1, -0.05) is 30.3 Å². The van der Waals surface area contributed by atoms with Crippen molar-refractivity contribution in [1.82, 2.24) is 0 Å². The van der Waals surface area contributed by atoms with Gasteiger partial charge in [0, 0.05) is 6.08 Å². The molecule has 2 rings (SSSR count). The smallest absolute Gasteiger partial charge is 0.337 e. The Kier molecular flexibility index (Phi) is 4.51. The molecule has 0 saturated carbocycles. The number of esters is 1. The number of carboxylic acid groups (broad SMARTS) is 1. The molecular weight excluding hydrogens is 268 g/mol. The van der Waals surface area contributed by atoms with Crippen molar-refractivity contribution in [3.63, 3.8) is 0 Å². The van der Waals surface area contributed by atoms with E-state index in [-0.39, 0.29) is 5.97 Å². The number of hydrogen-bond acceptors (Lipinski definition) is 3. The lowest BCUT2D eigenvalue weighted by Gasteiger charge is -2.04. The first-order valence-corrected chi connectivity index (χ1v) is 6.30. The molecule has 4 nitrogen and oxygen atoms in total. The van der Waals surface area contributed by atoms with Crippen LogP contribution >= 0.6 is 0 Å². The van der Waals surface area contributed by atoms with E-state index in [9.17, 15) is 9.59 Å². The van der Waals surface area contributed by atoms with Crippen LogP contribution in [0.15, 0.2) is 54.6 Å². The topological polar surface area (TPSA) is 63.6 Å². The first-order chi connectivity index (χ1) is 10.1.